The van der Waals surface area contributed by atoms with Gasteiger partial charge in [-0.15, -0.1) is 0 Å². The van der Waals surface area contributed by atoms with E-state index in [1.165, 1.54) is 5.56 Å². The van der Waals surface area contributed by atoms with E-state index in [0.29, 0.717) is 0 Å². The van der Waals surface area contributed by atoms with Crippen LogP contribution in [0.15, 0.2) is 22.9 Å². The topological polar surface area (TPSA) is 29.3 Å². The summed E-state index contributed by atoms with van der Waals surface area (Å²) in [6, 6.07) is 0. The third-order valence-electron chi connectivity index (χ3n) is 2.39. The molecular weight excluding hydrogens is 164 g/mol. The molecule has 0 unspecified atom stereocenters. The van der Waals surface area contributed by atoms with Crippen molar-refractivity contribution >= 4 is 0 Å². The van der Waals surface area contributed by atoms with Gasteiger partial charge in [-0.25, -0.2) is 0 Å². The lowest BCUT2D eigenvalue weighted by Crippen LogP contribution is -2.26. The molecule has 0 N–H and O–H groups in total. The van der Waals surface area contributed by atoms with Crippen LogP contribution in [0.1, 0.15) is 17.7 Å². The highest BCUT2D eigenvalue weighted by Crippen LogP contribution is 2.11. The summed E-state index contributed by atoms with van der Waals surface area (Å²) in [5, 5.41) is 3.77. The van der Waals surface area contributed by atoms with Crippen LogP contribution >= 0.6 is 0 Å². The summed E-state index contributed by atoms with van der Waals surface area (Å²) in [6.07, 6.45) is 7.42. The first-order chi connectivity index (χ1) is 6.36. The van der Waals surface area contributed by atoms with Crippen LogP contribution in [-0.4, -0.2) is 23.1 Å². The molecule has 70 valence electrons. The Balaban J connectivity index is 1.98. The van der Waals surface area contributed by atoms with Gasteiger partial charge in [-0.05, 0) is 13.3 Å². The summed E-state index contributed by atoms with van der Waals surface area (Å²) in [7, 11) is 0. The van der Waals surface area contributed by atoms with Crippen LogP contribution in [0.4, 0.5) is 0 Å². The molecule has 13 heavy (non-hydrogen) atoms. The molecule has 0 atom stereocenters. The van der Waals surface area contributed by atoms with Gasteiger partial charge in [-0.1, -0.05) is 17.3 Å². The number of aromatic nitrogens is 1. The Morgan fingerprint density at radius 3 is 3.08 bits per heavy atom. The van der Waals surface area contributed by atoms with Crippen molar-refractivity contribution in [2.24, 2.45) is 0 Å². The number of aryl methyl sites for hydroxylation is 1. The second-order valence-corrected chi connectivity index (χ2v) is 3.40. The second kappa shape index (κ2) is 3.75. The van der Waals surface area contributed by atoms with Gasteiger partial charge in [0, 0.05) is 25.2 Å². The molecule has 0 saturated carbocycles. The molecule has 3 nitrogen and oxygen atoms in total. The number of rotatable bonds is 2. The van der Waals surface area contributed by atoms with Crippen molar-refractivity contribution in [3.8, 4) is 0 Å². The number of nitrogens with zero attached hydrogens (tertiary/aromatic N) is 2. The summed E-state index contributed by atoms with van der Waals surface area (Å²) >= 11 is 0. The smallest absolute Gasteiger partial charge is 0.138 e. The molecule has 0 aromatic carbocycles. The largest absolute Gasteiger partial charge is 0.361 e. The standard InChI is InChI=1S/C10H14N2O/c1-9-10(7-11-13-9)8-12-5-3-2-4-6-12/h2-3,7H,4-6,8H2,1H3. The van der Waals surface area contributed by atoms with Gasteiger partial charge in [-0.2, -0.15) is 0 Å². The molecule has 1 aliphatic heterocycles. The van der Waals surface area contributed by atoms with E-state index in [1.54, 1.807) is 0 Å². The average Bonchev–Trinajstić information content (AvgIpc) is 2.54. The van der Waals surface area contributed by atoms with Gasteiger partial charge in [0.2, 0.25) is 0 Å². The molecule has 0 aliphatic carbocycles. The maximum atomic E-state index is 5.01. The molecule has 3 heteroatoms. The van der Waals surface area contributed by atoms with E-state index < -0.39 is 0 Å². The fourth-order valence-corrected chi connectivity index (χ4v) is 1.55. The summed E-state index contributed by atoms with van der Waals surface area (Å²) in [5.41, 5.74) is 1.20. The van der Waals surface area contributed by atoms with E-state index in [2.05, 4.69) is 22.2 Å². The van der Waals surface area contributed by atoms with Crippen molar-refractivity contribution in [2.45, 2.75) is 19.9 Å². The van der Waals surface area contributed by atoms with E-state index >= 15 is 0 Å². The SMILES string of the molecule is Cc1oncc1CN1CC=CCC1. The Kier molecular flexibility index (Phi) is 2.45. The first-order valence-corrected chi connectivity index (χ1v) is 4.64. The van der Waals surface area contributed by atoms with Gasteiger partial charge < -0.3 is 4.52 Å². The summed E-state index contributed by atoms with van der Waals surface area (Å²) in [6.45, 7) is 5.10. The van der Waals surface area contributed by atoms with Gasteiger partial charge in [-0.3, -0.25) is 4.90 Å². The predicted molar refractivity (Wildman–Crippen MR) is 50.3 cm³/mol. The number of hydrogen-bond acceptors (Lipinski definition) is 3. The van der Waals surface area contributed by atoms with E-state index in [1.807, 2.05) is 13.1 Å². The highest BCUT2D eigenvalue weighted by Gasteiger charge is 2.10. The Bertz CT molecular complexity index is 304. The third kappa shape index (κ3) is 1.98. The maximum absolute atomic E-state index is 5.01. The average molecular weight is 178 g/mol. The van der Waals surface area contributed by atoms with E-state index in [-0.39, 0.29) is 0 Å². The molecule has 2 rings (SSSR count). The van der Waals surface area contributed by atoms with Crippen molar-refractivity contribution in [1.29, 1.82) is 0 Å². The zero-order chi connectivity index (χ0) is 9.10. The molecule has 1 aromatic heterocycles. The van der Waals surface area contributed by atoms with Crippen molar-refractivity contribution in [3.63, 3.8) is 0 Å². The monoisotopic (exact) mass is 178 g/mol. The minimum Gasteiger partial charge on any atom is -0.361 e. The molecule has 1 aromatic rings. The lowest BCUT2D eigenvalue weighted by molar-refractivity contribution is 0.288. The van der Waals surface area contributed by atoms with E-state index in [0.717, 1.165) is 31.8 Å². The maximum Gasteiger partial charge on any atom is 0.138 e. The highest BCUT2D eigenvalue weighted by atomic mass is 16.5. The minimum atomic E-state index is 0.939. The molecule has 0 spiro atoms. The van der Waals surface area contributed by atoms with Crippen molar-refractivity contribution in [2.75, 3.05) is 13.1 Å². The van der Waals surface area contributed by atoms with Crippen LogP contribution in [0.25, 0.3) is 0 Å². The van der Waals surface area contributed by atoms with Crippen molar-refractivity contribution in [3.05, 3.63) is 29.7 Å². The summed E-state index contributed by atoms with van der Waals surface area (Å²) in [4.78, 5) is 2.39. The minimum absolute atomic E-state index is 0.939. The van der Waals surface area contributed by atoms with Gasteiger partial charge >= 0.3 is 0 Å². The van der Waals surface area contributed by atoms with Crippen LogP contribution in [0, 0.1) is 6.92 Å². The number of hydrogen-bond donors (Lipinski definition) is 0. The second-order valence-electron chi connectivity index (χ2n) is 3.40. The van der Waals surface area contributed by atoms with Crippen LogP contribution in [0.2, 0.25) is 0 Å². The summed E-state index contributed by atoms with van der Waals surface area (Å²) in [5.74, 6) is 0.939. The van der Waals surface area contributed by atoms with Crippen LogP contribution < -0.4 is 0 Å². The normalized spacial score (nSPS) is 17.9. The molecular formula is C10H14N2O. The first kappa shape index (κ1) is 8.51. The summed E-state index contributed by atoms with van der Waals surface area (Å²) < 4.78 is 5.01. The zero-order valence-corrected chi connectivity index (χ0v) is 7.86. The highest BCUT2D eigenvalue weighted by molar-refractivity contribution is 5.11. The van der Waals surface area contributed by atoms with Gasteiger partial charge in [0.05, 0.1) is 6.20 Å². The Morgan fingerprint density at radius 1 is 1.54 bits per heavy atom. The van der Waals surface area contributed by atoms with Gasteiger partial charge in [0.1, 0.15) is 5.76 Å². The van der Waals surface area contributed by atoms with Crippen LogP contribution in [0.5, 0.6) is 0 Å². The van der Waals surface area contributed by atoms with Crippen molar-refractivity contribution < 1.29 is 4.52 Å². The van der Waals surface area contributed by atoms with E-state index in [4.69, 9.17) is 4.52 Å². The Labute approximate surface area is 78.0 Å². The molecule has 2 heterocycles. The lowest BCUT2D eigenvalue weighted by atomic mass is 10.2. The van der Waals surface area contributed by atoms with Gasteiger partial charge in [0.25, 0.3) is 0 Å². The zero-order valence-electron chi connectivity index (χ0n) is 7.86. The van der Waals surface area contributed by atoms with Crippen molar-refractivity contribution in [1.82, 2.24) is 10.1 Å². The Hall–Kier alpha value is -1.09. The quantitative estimate of drug-likeness (QED) is 0.646. The molecule has 0 radical (unpaired) electrons. The third-order valence-corrected chi connectivity index (χ3v) is 2.39. The lowest BCUT2D eigenvalue weighted by Gasteiger charge is -2.22. The molecule has 0 fully saturated rings. The first-order valence-electron chi connectivity index (χ1n) is 4.64. The molecule has 1 aliphatic rings. The molecule has 0 saturated heterocycles. The Morgan fingerprint density at radius 2 is 2.46 bits per heavy atom. The fourth-order valence-electron chi connectivity index (χ4n) is 1.55. The van der Waals surface area contributed by atoms with Crippen LogP contribution in [-0.2, 0) is 6.54 Å². The van der Waals surface area contributed by atoms with Gasteiger partial charge in [0.15, 0.2) is 0 Å². The molecule has 0 amide bonds. The predicted octanol–water partition coefficient (Wildman–Crippen LogP) is 1.74. The van der Waals surface area contributed by atoms with E-state index in [9.17, 15) is 0 Å². The fraction of sp³-hybridized carbons (Fsp3) is 0.500. The van der Waals surface area contributed by atoms with Crippen LogP contribution in [0.3, 0.4) is 0 Å². The molecule has 0 bridgehead atoms.